The molecule has 2 heterocycles. The number of hydrogen-bond donors (Lipinski definition) is 1. The second-order valence-corrected chi connectivity index (χ2v) is 3.53. The van der Waals surface area contributed by atoms with Crippen molar-refractivity contribution in [3.05, 3.63) is 30.2 Å². The SMILES string of the molecule is CCOc1ccnc(NCc2cnn(C)c2)n1. The molecule has 2 aromatic heterocycles. The van der Waals surface area contributed by atoms with Crippen molar-refractivity contribution in [2.45, 2.75) is 13.5 Å². The van der Waals surface area contributed by atoms with Crippen LogP contribution in [0, 0.1) is 0 Å². The van der Waals surface area contributed by atoms with E-state index < -0.39 is 0 Å². The molecule has 0 atom stereocenters. The second-order valence-electron chi connectivity index (χ2n) is 3.53. The number of aromatic nitrogens is 4. The van der Waals surface area contributed by atoms with Crippen molar-refractivity contribution < 1.29 is 4.74 Å². The Morgan fingerprint density at radius 3 is 3.06 bits per heavy atom. The zero-order valence-electron chi connectivity index (χ0n) is 9.92. The molecule has 0 amide bonds. The molecular weight excluding hydrogens is 218 g/mol. The van der Waals surface area contributed by atoms with E-state index in [2.05, 4.69) is 20.4 Å². The van der Waals surface area contributed by atoms with Gasteiger partial charge in [0.2, 0.25) is 11.8 Å². The highest BCUT2D eigenvalue weighted by atomic mass is 16.5. The first-order chi connectivity index (χ1) is 8.28. The van der Waals surface area contributed by atoms with Crippen molar-refractivity contribution >= 4 is 5.95 Å². The van der Waals surface area contributed by atoms with Gasteiger partial charge in [0.15, 0.2) is 0 Å². The molecule has 0 fully saturated rings. The molecule has 1 N–H and O–H groups in total. The predicted octanol–water partition coefficient (Wildman–Crippen LogP) is 1.22. The van der Waals surface area contributed by atoms with Crippen molar-refractivity contribution in [3.63, 3.8) is 0 Å². The van der Waals surface area contributed by atoms with Crippen molar-refractivity contribution in [2.75, 3.05) is 11.9 Å². The Morgan fingerprint density at radius 1 is 1.47 bits per heavy atom. The molecule has 2 rings (SSSR count). The molecule has 0 spiro atoms. The normalized spacial score (nSPS) is 10.2. The van der Waals surface area contributed by atoms with Crippen LogP contribution in [0.4, 0.5) is 5.95 Å². The number of nitrogens with zero attached hydrogens (tertiary/aromatic N) is 4. The smallest absolute Gasteiger partial charge is 0.226 e. The van der Waals surface area contributed by atoms with Crippen LogP contribution in [0.3, 0.4) is 0 Å². The molecule has 0 saturated carbocycles. The Kier molecular flexibility index (Phi) is 3.54. The fraction of sp³-hybridized carbons (Fsp3) is 0.364. The summed E-state index contributed by atoms with van der Waals surface area (Å²) in [6.45, 7) is 3.16. The van der Waals surface area contributed by atoms with Crippen LogP contribution in [-0.4, -0.2) is 26.4 Å². The number of rotatable bonds is 5. The average Bonchev–Trinajstić information content (AvgIpc) is 2.74. The minimum atomic E-state index is 0.555. The van der Waals surface area contributed by atoms with Gasteiger partial charge in [-0.3, -0.25) is 4.68 Å². The lowest BCUT2D eigenvalue weighted by molar-refractivity contribution is 0.326. The van der Waals surface area contributed by atoms with Gasteiger partial charge in [-0.05, 0) is 6.92 Å². The van der Waals surface area contributed by atoms with Crippen LogP contribution in [0.25, 0.3) is 0 Å². The largest absolute Gasteiger partial charge is 0.478 e. The Bertz CT molecular complexity index is 482. The molecule has 6 heteroatoms. The number of nitrogens with one attached hydrogen (secondary N) is 1. The molecule has 6 nitrogen and oxygen atoms in total. The number of hydrogen-bond acceptors (Lipinski definition) is 5. The zero-order valence-corrected chi connectivity index (χ0v) is 9.92. The van der Waals surface area contributed by atoms with Gasteiger partial charge in [-0.25, -0.2) is 4.98 Å². The van der Waals surface area contributed by atoms with E-state index in [1.807, 2.05) is 20.2 Å². The van der Waals surface area contributed by atoms with E-state index in [1.165, 1.54) is 0 Å². The first-order valence-corrected chi connectivity index (χ1v) is 5.45. The summed E-state index contributed by atoms with van der Waals surface area (Å²) in [5.74, 6) is 1.14. The molecule has 0 aliphatic rings. The van der Waals surface area contributed by atoms with Crippen LogP contribution in [0.2, 0.25) is 0 Å². The summed E-state index contributed by atoms with van der Waals surface area (Å²) in [5.41, 5.74) is 1.08. The molecule has 90 valence electrons. The minimum absolute atomic E-state index is 0.555. The summed E-state index contributed by atoms with van der Waals surface area (Å²) < 4.78 is 7.05. The monoisotopic (exact) mass is 233 g/mol. The van der Waals surface area contributed by atoms with Gasteiger partial charge in [0.05, 0.1) is 12.8 Å². The summed E-state index contributed by atoms with van der Waals surface area (Å²) in [6, 6.07) is 1.73. The molecule has 0 radical (unpaired) electrons. The van der Waals surface area contributed by atoms with E-state index >= 15 is 0 Å². The Balaban J connectivity index is 1.96. The summed E-state index contributed by atoms with van der Waals surface area (Å²) in [7, 11) is 1.88. The molecule has 0 unspecified atom stereocenters. The maximum absolute atomic E-state index is 5.30. The third kappa shape index (κ3) is 3.17. The van der Waals surface area contributed by atoms with Crippen LogP contribution in [0.5, 0.6) is 5.88 Å². The molecule has 0 saturated heterocycles. The highest BCUT2D eigenvalue weighted by molar-refractivity contribution is 5.28. The Morgan fingerprint density at radius 2 is 2.35 bits per heavy atom. The van der Waals surface area contributed by atoms with Crippen LogP contribution in [0.1, 0.15) is 12.5 Å². The minimum Gasteiger partial charge on any atom is -0.478 e. The van der Waals surface area contributed by atoms with Gasteiger partial charge in [-0.1, -0.05) is 0 Å². The zero-order chi connectivity index (χ0) is 12.1. The van der Waals surface area contributed by atoms with Gasteiger partial charge in [-0.15, -0.1) is 0 Å². The fourth-order valence-electron chi connectivity index (χ4n) is 1.40. The maximum Gasteiger partial charge on any atom is 0.226 e. The van der Waals surface area contributed by atoms with E-state index in [9.17, 15) is 0 Å². The average molecular weight is 233 g/mol. The Labute approximate surface area is 99.7 Å². The standard InChI is InChI=1S/C11H15N5O/c1-3-17-10-4-5-12-11(15-10)13-6-9-7-14-16(2)8-9/h4-5,7-8H,3,6H2,1-2H3,(H,12,13,15). The first-order valence-electron chi connectivity index (χ1n) is 5.45. The van der Waals surface area contributed by atoms with Gasteiger partial charge in [-0.2, -0.15) is 10.1 Å². The van der Waals surface area contributed by atoms with E-state index in [-0.39, 0.29) is 0 Å². The molecule has 0 aromatic carbocycles. The topological polar surface area (TPSA) is 64.9 Å². The third-order valence-corrected chi connectivity index (χ3v) is 2.13. The quantitative estimate of drug-likeness (QED) is 0.841. The lowest BCUT2D eigenvalue weighted by Crippen LogP contribution is -2.04. The maximum atomic E-state index is 5.30. The number of anilines is 1. The van der Waals surface area contributed by atoms with Gasteiger partial charge in [0, 0.05) is 37.6 Å². The summed E-state index contributed by atoms with van der Waals surface area (Å²) >= 11 is 0. The van der Waals surface area contributed by atoms with Crippen LogP contribution < -0.4 is 10.1 Å². The molecular formula is C11H15N5O. The molecule has 17 heavy (non-hydrogen) atoms. The highest BCUT2D eigenvalue weighted by Crippen LogP contribution is 2.09. The van der Waals surface area contributed by atoms with E-state index in [4.69, 9.17) is 4.74 Å². The van der Waals surface area contributed by atoms with Crippen molar-refractivity contribution in [1.82, 2.24) is 19.7 Å². The van der Waals surface area contributed by atoms with Gasteiger partial charge >= 0.3 is 0 Å². The van der Waals surface area contributed by atoms with Crippen molar-refractivity contribution in [1.29, 1.82) is 0 Å². The van der Waals surface area contributed by atoms with Crippen LogP contribution >= 0.6 is 0 Å². The number of ether oxygens (including phenoxy) is 1. The van der Waals surface area contributed by atoms with Crippen molar-refractivity contribution in [3.8, 4) is 5.88 Å². The third-order valence-electron chi connectivity index (χ3n) is 2.13. The van der Waals surface area contributed by atoms with Crippen molar-refractivity contribution in [2.24, 2.45) is 7.05 Å². The van der Waals surface area contributed by atoms with E-state index in [1.54, 1.807) is 23.1 Å². The van der Waals surface area contributed by atoms with Gasteiger partial charge in [0.25, 0.3) is 0 Å². The molecule has 0 bridgehead atoms. The fourth-order valence-corrected chi connectivity index (χ4v) is 1.40. The highest BCUT2D eigenvalue weighted by Gasteiger charge is 2.00. The summed E-state index contributed by atoms with van der Waals surface area (Å²) in [5, 5.41) is 7.20. The van der Waals surface area contributed by atoms with Gasteiger partial charge < -0.3 is 10.1 Å². The van der Waals surface area contributed by atoms with E-state index in [0.29, 0.717) is 25.0 Å². The molecule has 0 aliphatic heterocycles. The van der Waals surface area contributed by atoms with Crippen LogP contribution in [-0.2, 0) is 13.6 Å². The van der Waals surface area contributed by atoms with Crippen LogP contribution in [0.15, 0.2) is 24.7 Å². The predicted molar refractivity (Wildman–Crippen MR) is 63.7 cm³/mol. The lowest BCUT2D eigenvalue weighted by Gasteiger charge is -2.05. The Hall–Kier alpha value is -2.11. The second kappa shape index (κ2) is 5.29. The summed E-state index contributed by atoms with van der Waals surface area (Å²) in [4.78, 5) is 8.33. The van der Waals surface area contributed by atoms with Gasteiger partial charge in [0.1, 0.15) is 0 Å². The lowest BCUT2D eigenvalue weighted by atomic mass is 10.4. The first kappa shape index (κ1) is 11.4. The van der Waals surface area contributed by atoms with E-state index in [0.717, 1.165) is 5.56 Å². The summed E-state index contributed by atoms with van der Waals surface area (Å²) in [6.07, 6.45) is 5.42. The molecule has 2 aromatic rings. The number of aryl methyl sites for hydroxylation is 1. The molecule has 0 aliphatic carbocycles.